The third-order valence-corrected chi connectivity index (χ3v) is 1.66. The monoisotopic (exact) mass is 231 g/mol. The maximum Gasteiger partial charge on any atom is 0.375 e. The van der Waals surface area contributed by atoms with E-state index in [1.54, 1.807) is 12.1 Å². The van der Waals surface area contributed by atoms with Crippen molar-refractivity contribution in [3.05, 3.63) is 30.1 Å². The molecule has 0 aliphatic rings. The molecule has 1 rings (SSSR count). The molecule has 1 aromatic rings. The maximum atomic E-state index is 11.4. The fourth-order valence-corrected chi connectivity index (χ4v) is 0.881. The third kappa shape index (κ3) is 4.26. The first-order valence-electron chi connectivity index (χ1n) is 4.73. The van der Waals surface area contributed by atoms with Gasteiger partial charge in [0.2, 0.25) is 5.78 Å². The molecule has 0 atom stereocenters. The Kier molecular flexibility index (Phi) is 4.58. The van der Waals surface area contributed by atoms with Gasteiger partial charge in [-0.2, -0.15) is 0 Å². The van der Waals surface area contributed by atoms with Crippen LogP contribution in [0.15, 0.2) is 24.4 Å². The van der Waals surface area contributed by atoms with E-state index in [0.29, 0.717) is 0 Å². The number of ketones is 2. The number of pyridine rings is 1. The van der Waals surface area contributed by atoms with E-state index in [4.69, 9.17) is 0 Å². The van der Waals surface area contributed by atoms with Gasteiger partial charge in [0.05, 0.1) is 0 Å². The lowest BCUT2D eigenvalue weighted by atomic mass is 10.2. The van der Waals surface area contributed by atoms with Gasteiger partial charge >= 0.3 is 5.97 Å². The molecular weight excluding hydrogens is 222 g/mol. The first-order chi connectivity index (χ1) is 8.11. The Hall–Kier alpha value is -2.48. The molecule has 0 N–H and O–H groups in total. The summed E-state index contributed by atoms with van der Waals surface area (Å²) in [5.74, 6) is 2.45. The van der Waals surface area contributed by atoms with Gasteiger partial charge in [0.15, 0.2) is 6.61 Å². The van der Waals surface area contributed by atoms with Crippen molar-refractivity contribution in [3.63, 3.8) is 0 Å². The lowest BCUT2D eigenvalue weighted by Crippen LogP contribution is -2.13. The minimum absolute atomic E-state index is 0.220. The van der Waals surface area contributed by atoms with E-state index in [0.717, 1.165) is 6.92 Å². The van der Waals surface area contributed by atoms with E-state index < -0.39 is 17.5 Å². The van der Waals surface area contributed by atoms with Gasteiger partial charge in [-0.05, 0) is 18.1 Å². The number of aromatic nitrogens is 1. The Morgan fingerprint density at radius 3 is 2.71 bits per heavy atom. The Balaban J connectivity index is 2.48. The summed E-state index contributed by atoms with van der Waals surface area (Å²) in [6.07, 6.45) is 1.48. The number of nitrogens with zero attached hydrogens (tertiary/aromatic N) is 1. The Morgan fingerprint density at radius 2 is 2.12 bits per heavy atom. The number of rotatable bonds is 3. The van der Waals surface area contributed by atoms with Crippen LogP contribution in [0.5, 0.6) is 0 Å². The Labute approximate surface area is 97.8 Å². The molecule has 1 heterocycles. The van der Waals surface area contributed by atoms with Crippen LogP contribution >= 0.6 is 0 Å². The topological polar surface area (TPSA) is 73.3 Å². The highest BCUT2D eigenvalue weighted by Gasteiger charge is 2.07. The summed E-state index contributed by atoms with van der Waals surface area (Å²) in [7, 11) is 0. The molecule has 0 amide bonds. The van der Waals surface area contributed by atoms with Gasteiger partial charge in [-0.15, -0.1) is 0 Å². The average molecular weight is 231 g/mol. The molecule has 0 unspecified atom stereocenters. The van der Waals surface area contributed by atoms with Crippen molar-refractivity contribution in [2.24, 2.45) is 0 Å². The fraction of sp³-hybridized carbons (Fsp3) is 0.167. The number of carbonyl (C=O) groups is 3. The maximum absolute atomic E-state index is 11.4. The highest BCUT2D eigenvalue weighted by Crippen LogP contribution is 1.93. The van der Waals surface area contributed by atoms with Gasteiger partial charge in [-0.25, -0.2) is 4.79 Å². The average Bonchev–Trinajstić information content (AvgIpc) is 2.35. The number of carbonyl (C=O) groups excluding carboxylic acids is 3. The molecule has 86 valence electrons. The van der Waals surface area contributed by atoms with Gasteiger partial charge in [0.1, 0.15) is 5.69 Å². The molecule has 0 aromatic carbocycles. The summed E-state index contributed by atoms with van der Waals surface area (Å²) in [4.78, 5) is 36.4. The van der Waals surface area contributed by atoms with Crippen LogP contribution in [-0.4, -0.2) is 29.1 Å². The number of esters is 1. The first-order valence-corrected chi connectivity index (χ1v) is 4.73. The summed E-state index contributed by atoms with van der Waals surface area (Å²) in [6.45, 7) is 0.797. The number of Topliss-reactive ketones (excluding diaryl/α,β-unsaturated/α-hetero) is 2. The molecule has 0 saturated carbocycles. The predicted octanol–water partition coefficient (Wildman–Crippen LogP) is 0.400. The lowest BCUT2D eigenvalue weighted by Gasteiger charge is -1.94. The van der Waals surface area contributed by atoms with Crippen molar-refractivity contribution in [3.8, 4) is 11.8 Å². The first kappa shape index (κ1) is 12.6. The lowest BCUT2D eigenvalue weighted by molar-refractivity contribution is -0.151. The van der Waals surface area contributed by atoms with Crippen molar-refractivity contribution in [2.45, 2.75) is 6.92 Å². The molecule has 17 heavy (non-hydrogen) atoms. The fourth-order valence-electron chi connectivity index (χ4n) is 0.881. The van der Waals surface area contributed by atoms with Crippen molar-refractivity contribution in [1.29, 1.82) is 0 Å². The largest absolute Gasteiger partial charge is 0.447 e. The molecule has 0 radical (unpaired) electrons. The van der Waals surface area contributed by atoms with Gasteiger partial charge in [-0.1, -0.05) is 12.0 Å². The summed E-state index contributed by atoms with van der Waals surface area (Å²) >= 11 is 0. The zero-order valence-electron chi connectivity index (χ0n) is 9.10. The van der Waals surface area contributed by atoms with E-state index in [1.165, 1.54) is 12.3 Å². The second-order valence-corrected chi connectivity index (χ2v) is 2.98. The van der Waals surface area contributed by atoms with Crippen LogP contribution < -0.4 is 0 Å². The standard InChI is InChI=1S/C12H9NO4/c1-9(14)12(16)17-8-4-6-11(15)10-5-2-3-7-13-10/h2-3,5,7H,8H2,1H3. The molecule has 0 aliphatic heterocycles. The van der Waals surface area contributed by atoms with Crippen LogP contribution in [0.25, 0.3) is 0 Å². The van der Waals surface area contributed by atoms with Crippen LogP contribution in [0.2, 0.25) is 0 Å². The second-order valence-electron chi connectivity index (χ2n) is 2.98. The van der Waals surface area contributed by atoms with E-state index in [9.17, 15) is 14.4 Å². The highest BCUT2D eigenvalue weighted by molar-refractivity contribution is 6.32. The molecule has 0 saturated heterocycles. The zero-order chi connectivity index (χ0) is 12.7. The van der Waals surface area contributed by atoms with Crippen molar-refractivity contribution < 1.29 is 19.1 Å². The second kappa shape index (κ2) is 6.18. The van der Waals surface area contributed by atoms with Crippen LogP contribution in [0.4, 0.5) is 0 Å². The highest BCUT2D eigenvalue weighted by atomic mass is 16.5. The smallest absolute Gasteiger partial charge is 0.375 e. The molecule has 0 spiro atoms. The van der Waals surface area contributed by atoms with E-state index in [-0.39, 0.29) is 12.3 Å². The molecule has 5 nitrogen and oxygen atoms in total. The quantitative estimate of drug-likeness (QED) is 0.247. The zero-order valence-corrected chi connectivity index (χ0v) is 9.10. The van der Waals surface area contributed by atoms with Crippen molar-refractivity contribution >= 4 is 17.5 Å². The summed E-state index contributed by atoms with van der Waals surface area (Å²) in [5, 5.41) is 0. The van der Waals surface area contributed by atoms with Gasteiger partial charge in [-0.3, -0.25) is 14.6 Å². The van der Waals surface area contributed by atoms with Crippen molar-refractivity contribution in [1.82, 2.24) is 4.98 Å². The van der Waals surface area contributed by atoms with Gasteiger partial charge in [0, 0.05) is 13.1 Å². The molecule has 5 heteroatoms. The summed E-state index contributed by atoms with van der Waals surface area (Å²) in [6, 6.07) is 4.87. The molecule has 1 aromatic heterocycles. The summed E-state index contributed by atoms with van der Waals surface area (Å²) < 4.78 is 4.46. The van der Waals surface area contributed by atoms with Crippen LogP contribution in [0.1, 0.15) is 17.4 Å². The van der Waals surface area contributed by atoms with Crippen LogP contribution in [0.3, 0.4) is 0 Å². The minimum Gasteiger partial charge on any atom is -0.447 e. The van der Waals surface area contributed by atoms with Gasteiger partial charge < -0.3 is 4.74 Å². The van der Waals surface area contributed by atoms with E-state index in [1.807, 2.05) is 0 Å². The van der Waals surface area contributed by atoms with Crippen molar-refractivity contribution in [2.75, 3.05) is 6.61 Å². The van der Waals surface area contributed by atoms with Gasteiger partial charge in [0.25, 0.3) is 5.78 Å². The third-order valence-electron chi connectivity index (χ3n) is 1.66. The number of hydrogen-bond acceptors (Lipinski definition) is 5. The predicted molar refractivity (Wildman–Crippen MR) is 58.0 cm³/mol. The Morgan fingerprint density at radius 1 is 1.35 bits per heavy atom. The van der Waals surface area contributed by atoms with Crippen LogP contribution in [0, 0.1) is 11.8 Å². The molecule has 0 aliphatic carbocycles. The summed E-state index contributed by atoms with van der Waals surface area (Å²) in [5.41, 5.74) is 0.220. The number of hydrogen-bond donors (Lipinski definition) is 0. The van der Waals surface area contributed by atoms with Crippen LogP contribution in [-0.2, 0) is 14.3 Å². The Bertz CT molecular complexity index is 496. The number of ether oxygens (including phenoxy) is 1. The molecule has 0 bridgehead atoms. The molecule has 0 fully saturated rings. The SMILES string of the molecule is CC(=O)C(=O)OCC#CC(=O)c1ccccn1. The normalized spacial score (nSPS) is 8.76. The minimum atomic E-state index is -0.968. The molecular formula is C12H9NO4. The van der Waals surface area contributed by atoms with E-state index in [2.05, 4.69) is 21.6 Å². The van der Waals surface area contributed by atoms with E-state index >= 15 is 0 Å².